The fourth-order valence-corrected chi connectivity index (χ4v) is 5.13. The van der Waals surface area contributed by atoms with Gasteiger partial charge >= 0.3 is 0 Å². The van der Waals surface area contributed by atoms with Gasteiger partial charge in [-0.2, -0.15) is 0 Å². The van der Waals surface area contributed by atoms with E-state index in [2.05, 4.69) is 27.0 Å². The van der Waals surface area contributed by atoms with Gasteiger partial charge in [-0.15, -0.1) is 11.3 Å². The first-order chi connectivity index (χ1) is 9.46. The zero-order chi connectivity index (χ0) is 14.3. The minimum Gasteiger partial charge on any atom is -0.308 e. The van der Waals surface area contributed by atoms with Crippen LogP contribution < -0.4 is 5.32 Å². The Kier molecular flexibility index (Phi) is 3.60. The van der Waals surface area contributed by atoms with Crippen molar-refractivity contribution < 1.29 is 8.42 Å². The molecule has 0 bridgehead atoms. The summed E-state index contributed by atoms with van der Waals surface area (Å²) in [6, 6.07) is 0.294. The lowest BCUT2D eigenvalue weighted by molar-refractivity contribution is 0.459. The number of fused-ring (bicyclic) bond motifs is 1. The molecule has 3 rings (SSSR count). The van der Waals surface area contributed by atoms with Crippen LogP contribution in [0.15, 0.2) is 5.38 Å². The van der Waals surface area contributed by atoms with Gasteiger partial charge in [-0.05, 0) is 26.7 Å². The van der Waals surface area contributed by atoms with Gasteiger partial charge in [0.15, 0.2) is 4.96 Å². The summed E-state index contributed by atoms with van der Waals surface area (Å²) < 4.78 is 25.0. The molecule has 1 aliphatic rings. The number of aromatic nitrogens is 2. The lowest BCUT2D eigenvalue weighted by atomic mass is 10.1. The Labute approximate surface area is 122 Å². The number of imidazole rings is 1. The van der Waals surface area contributed by atoms with E-state index in [0.29, 0.717) is 30.4 Å². The molecule has 1 aliphatic heterocycles. The second kappa shape index (κ2) is 5.13. The molecule has 5 nitrogen and oxygen atoms in total. The van der Waals surface area contributed by atoms with E-state index < -0.39 is 9.84 Å². The van der Waals surface area contributed by atoms with Gasteiger partial charge in [0.05, 0.1) is 22.9 Å². The second-order valence-corrected chi connectivity index (χ2v) is 8.59. The SMILES string of the molecule is Cc1nc2scc(C)n2c1CNC1CCS(=O)(=O)CC1. The summed E-state index contributed by atoms with van der Waals surface area (Å²) in [5.41, 5.74) is 3.44. The largest absolute Gasteiger partial charge is 0.308 e. The number of nitrogens with zero attached hydrogens (tertiary/aromatic N) is 2. The number of nitrogens with one attached hydrogen (secondary N) is 1. The molecule has 0 amide bonds. The normalized spacial score (nSPS) is 19.7. The van der Waals surface area contributed by atoms with Crippen LogP contribution in [0.2, 0.25) is 0 Å². The van der Waals surface area contributed by atoms with Crippen molar-refractivity contribution in [3.63, 3.8) is 0 Å². The highest BCUT2D eigenvalue weighted by Crippen LogP contribution is 2.21. The summed E-state index contributed by atoms with van der Waals surface area (Å²) in [6.45, 7) is 4.86. The molecule has 20 heavy (non-hydrogen) atoms. The Hall–Kier alpha value is -0.920. The summed E-state index contributed by atoms with van der Waals surface area (Å²) in [5.74, 6) is 0.617. The van der Waals surface area contributed by atoms with Crippen molar-refractivity contribution in [1.82, 2.24) is 14.7 Å². The molecule has 0 unspecified atom stereocenters. The van der Waals surface area contributed by atoms with Crippen molar-refractivity contribution in [2.24, 2.45) is 0 Å². The Morgan fingerprint density at radius 2 is 2.10 bits per heavy atom. The Morgan fingerprint density at radius 3 is 2.80 bits per heavy atom. The van der Waals surface area contributed by atoms with E-state index in [9.17, 15) is 8.42 Å². The van der Waals surface area contributed by atoms with Crippen molar-refractivity contribution in [2.75, 3.05) is 11.5 Å². The predicted molar refractivity (Wildman–Crippen MR) is 81.1 cm³/mol. The molecule has 0 saturated carbocycles. The highest BCUT2D eigenvalue weighted by molar-refractivity contribution is 7.91. The van der Waals surface area contributed by atoms with Gasteiger partial charge in [0.2, 0.25) is 0 Å². The minimum absolute atomic E-state index is 0.294. The molecule has 0 spiro atoms. The van der Waals surface area contributed by atoms with Crippen molar-refractivity contribution in [2.45, 2.75) is 39.3 Å². The number of thiazole rings is 1. The van der Waals surface area contributed by atoms with Gasteiger partial charge in [0.25, 0.3) is 0 Å². The van der Waals surface area contributed by atoms with Gasteiger partial charge in [-0.25, -0.2) is 13.4 Å². The van der Waals surface area contributed by atoms with Gasteiger partial charge in [0, 0.05) is 23.7 Å². The average molecular weight is 313 g/mol. The Morgan fingerprint density at radius 1 is 1.40 bits per heavy atom. The van der Waals surface area contributed by atoms with Crippen LogP contribution in [0.25, 0.3) is 4.96 Å². The van der Waals surface area contributed by atoms with E-state index in [1.165, 1.54) is 11.4 Å². The molecule has 0 radical (unpaired) electrons. The van der Waals surface area contributed by atoms with E-state index in [4.69, 9.17) is 0 Å². The molecule has 1 N–H and O–H groups in total. The quantitative estimate of drug-likeness (QED) is 0.936. The van der Waals surface area contributed by atoms with Gasteiger partial charge in [0.1, 0.15) is 9.84 Å². The maximum Gasteiger partial charge on any atom is 0.194 e. The van der Waals surface area contributed by atoms with E-state index in [0.717, 1.165) is 17.2 Å². The fraction of sp³-hybridized carbons (Fsp3) is 0.615. The van der Waals surface area contributed by atoms with Crippen LogP contribution in [0.3, 0.4) is 0 Å². The number of hydrogen-bond acceptors (Lipinski definition) is 5. The molecule has 1 saturated heterocycles. The summed E-state index contributed by atoms with van der Waals surface area (Å²) in [7, 11) is -2.78. The lowest BCUT2D eigenvalue weighted by Gasteiger charge is -2.23. The van der Waals surface area contributed by atoms with E-state index in [1.54, 1.807) is 11.3 Å². The molecule has 110 valence electrons. The Balaban J connectivity index is 1.71. The van der Waals surface area contributed by atoms with E-state index >= 15 is 0 Å². The third kappa shape index (κ3) is 2.62. The molecule has 0 aromatic carbocycles. The van der Waals surface area contributed by atoms with Crippen LogP contribution >= 0.6 is 11.3 Å². The van der Waals surface area contributed by atoms with Crippen LogP contribution in [0.4, 0.5) is 0 Å². The fourth-order valence-electron chi connectivity index (χ4n) is 2.71. The molecule has 7 heteroatoms. The van der Waals surface area contributed by atoms with Crippen LogP contribution in [-0.2, 0) is 16.4 Å². The second-order valence-electron chi connectivity index (χ2n) is 5.45. The zero-order valence-electron chi connectivity index (χ0n) is 11.7. The van der Waals surface area contributed by atoms with Gasteiger partial charge in [-0.1, -0.05) is 0 Å². The van der Waals surface area contributed by atoms with E-state index in [1.807, 2.05) is 6.92 Å². The molecule has 2 aromatic heterocycles. The van der Waals surface area contributed by atoms with Crippen molar-refractivity contribution in [1.29, 1.82) is 0 Å². The lowest BCUT2D eigenvalue weighted by Crippen LogP contribution is -2.37. The topological polar surface area (TPSA) is 63.5 Å². The molecular formula is C13H19N3O2S2. The smallest absolute Gasteiger partial charge is 0.194 e. The van der Waals surface area contributed by atoms with Crippen LogP contribution in [0, 0.1) is 13.8 Å². The molecular weight excluding hydrogens is 294 g/mol. The molecule has 2 aromatic rings. The van der Waals surface area contributed by atoms with Crippen LogP contribution in [0.5, 0.6) is 0 Å². The maximum absolute atomic E-state index is 11.4. The van der Waals surface area contributed by atoms with Crippen LogP contribution in [0.1, 0.15) is 29.9 Å². The first kappa shape index (κ1) is 14.0. The van der Waals surface area contributed by atoms with Crippen molar-refractivity contribution >= 4 is 26.1 Å². The number of aryl methyl sites for hydroxylation is 2. The summed E-state index contributed by atoms with van der Waals surface area (Å²) in [6.07, 6.45) is 1.43. The molecule has 0 aliphatic carbocycles. The third-order valence-electron chi connectivity index (χ3n) is 3.94. The molecule has 1 fully saturated rings. The average Bonchev–Trinajstić information content (AvgIpc) is 2.89. The maximum atomic E-state index is 11.4. The van der Waals surface area contributed by atoms with Crippen molar-refractivity contribution in [3.05, 3.63) is 22.5 Å². The summed E-state index contributed by atoms with van der Waals surface area (Å²) >= 11 is 1.65. The summed E-state index contributed by atoms with van der Waals surface area (Å²) in [4.78, 5) is 5.60. The van der Waals surface area contributed by atoms with Gasteiger partial charge in [-0.3, -0.25) is 4.40 Å². The first-order valence-electron chi connectivity index (χ1n) is 6.82. The first-order valence-corrected chi connectivity index (χ1v) is 9.52. The number of rotatable bonds is 3. The minimum atomic E-state index is -2.78. The highest BCUT2D eigenvalue weighted by Gasteiger charge is 2.23. The Bertz CT molecular complexity index is 716. The van der Waals surface area contributed by atoms with E-state index in [-0.39, 0.29) is 0 Å². The number of hydrogen-bond donors (Lipinski definition) is 1. The highest BCUT2D eigenvalue weighted by atomic mass is 32.2. The summed E-state index contributed by atoms with van der Waals surface area (Å²) in [5, 5.41) is 5.60. The van der Waals surface area contributed by atoms with Crippen molar-refractivity contribution in [3.8, 4) is 0 Å². The standard InChI is InChI=1S/C13H19N3O2S2/c1-9-8-19-13-15-10(2)12(16(9)13)7-14-11-3-5-20(17,18)6-4-11/h8,11,14H,3-7H2,1-2H3. The predicted octanol–water partition coefficient (Wildman–Crippen LogP) is 1.68. The number of sulfone groups is 1. The van der Waals surface area contributed by atoms with Crippen LogP contribution in [-0.4, -0.2) is 35.4 Å². The molecule has 3 heterocycles. The molecule has 0 atom stereocenters. The third-order valence-corrected chi connectivity index (χ3v) is 6.60. The van der Waals surface area contributed by atoms with Gasteiger partial charge < -0.3 is 5.32 Å². The zero-order valence-corrected chi connectivity index (χ0v) is 13.4. The monoisotopic (exact) mass is 313 g/mol.